The molecule has 1 saturated carbocycles. The quantitative estimate of drug-likeness (QED) is 0.674. The van der Waals surface area contributed by atoms with E-state index >= 15 is 0 Å². The highest BCUT2D eigenvalue weighted by atomic mass is 19.3. The van der Waals surface area contributed by atoms with Gasteiger partial charge in [0.25, 0.3) is 5.92 Å². The minimum absolute atomic E-state index is 0.0684. The van der Waals surface area contributed by atoms with Crippen LogP contribution in [-0.4, -0.2) is 30.2 Å². The molecule has 0 aliphatic heterocycles. The Balaban J connectivity index is 2.32. The fraction of sp³-hybridized carbons (Fsp3) is 0.875. The standard InChI is InChI=1S/C8H12F2O3/c1-5(12)13-4-7-6(2-3-11)8(7,9)10/h6-7,11H,2-4H2,1H3/t6-,7+/m1/s1. The summed E-state index contributed by atoms with van der Waals surface area (Å²) < 4.78 is 30.1. The van der Waals surface area contributed by atoms with E-state index in [0.717, 1.165) is 0 Å². The lowest BCUT2D eigenvalue weighted by Gasteiger charge is -1.98. The number of ether oxygens (including phenoxy) is 1. The van der Waals surface area contributed by atoms with E-state index < -0.39 is 23.7 Å². The third-order valence-electron chi connectivity index (χ3n) is 2.27. The molecule has 0 spiro atoms. The number of esters is 1. The monoisotopic (exact) mass is 194 g/mol. The van der Waals surface area contributed by atoms with E-state index in [1.807, 2.05) is 0 Å². The maximum absolute atomic E-state index is 12.8. The Labute approximate surface area is 74.7 Å². The van der Waals surface area contributed by atoms with Crippen LogP contribution in [-0.2, 0) is 9.53 Å². The molecule has 5 heteroatoms. The molecular weight excluding hydrogens is 182 g/mol. The molecule has 76 valence electrons. The Morgan fingerprint density at radius 1 is 1.54 bits per heavy atom. The van der Waals surface area contributed by atoms with Crippen molar-refractivity contribution in [2.24, 2.45) is 11.8 Å². The van der Waals surface area contributed by atoms with Gasteiger partial charge in [0, 0.05) is 19.4 Å². The van der Waals surface area contributed by atoms with Gasteiger partial charge in [0.05, 0.1) is 5.92 Å². The van der Waals surface area contributed by atoms with Gasteiger partial charge in [0.1, 0.15) is 6.61 Å². The van der Waals surface area contributed by atoms with Gasteiger partial charge in [0.15, 0.2) is 0 Å². The van der Waals surface area contributed by atoms with E-state index in [4.69, 9.17) is 5.11 Å². The zero-order valence-electron chi connectivity index (χ0n) is 7.30. The number of aliphatic hydroxyl groups is 1. The number of hydrogen-bond donors (Lipinski definition) is 1. The van der Waals surface area contributed by atoms with Crippen LogP contribution in [0.5, 0.6) is 0 Å². The summed E-state index contributed by atoms with van der Waals surface area (Å²) in [6.07, 6.45) is 0.0684. The topological polar surface area (TPSA) is 46.5 Å². The smallest absolute Gasteiger partial charge is 0.302 e. The number of alkyl halides is 2. The molecule has 3 nitrogen and oxygen atoms in total. The Morgan fingerprint density at radius 2 is 2.15 bits per heavy atom. The molecular formula is C8H12F2O3. The minimum Gasteiger partial charge on any atom is -0.465 e. The molecule has 1 fully saturated rings. The van der Waals surface area contributed by atoms with Crippen LogP contribution in [0.1, 0.15) is 13.3 Å². The summed E-state index contributed by atoms with van der Waals surface area (Å²) in [6, 6.07) is 0. The number of carbonyl (C=O) groups excluding carboxylic acids is 1. The van der Waals surface area contributed by atoms with Crippen LogP contribution < -0.4 is 0 Å². The molecule has 0 bridgehead atoms. The lowest BCUT2D eigenvalue weighted by Crippen LogP contribution is -2.06. The lowest BCUT2D eigenvalue weighted by molar-refractivity contribution is -0.142. The molecule has 13 heavy (non-hydrogen) atoms. The highest BCUT2D eigenvalue weighted by Crippen LogP contribution is 2.56. The first kappa shape index (κ1) is 10.4. The van der Waals surface area contributed by atoms with Gasteiger partial charge in [-0.15, -0.1) is 0 Å². The predicted molar refractivity (Wildman–Crippen MR) is 40.3 cm³/mol. The van der Waals surface area contributed by atoms with Crippen LogP contribution in [0.3, 0.4) is 0 Å². The van der Waals surface area contributed by atoms with Gasteiger partial charge >= 0.3 is 5.97 Å². The summed E-state index contributed by atoms with van der Waals surface area (Å²) in [5.41, 5.74) is 0. The van der Waals surface area contributed by atoms with Crippen LogP contribution in [0.2, 0.25) is 0 Å². The van der Waals surface area contributed by atoms with Gasteiger partial charge in [-0.1, -0.05) is 0 Å². The zero-order chi connectivity index (χ0) is 10.1. The maximum Gasteiger partial charge on any atom is 0.302 e. The third kappa shape index (κ3) is 2.15. The maximum atomic E-state index is 12.8. The highest BCUT2D eigenvalue weighted by Gasteiger charge is 2.67. The second-order valence-electron chi connectivity index (χ2n) is 3.20. The van der Waals surface area contributed by atoms with E-state index in [1.165, 1.54) is 6.92 Å². The molecule has 0 unspecified atom stereocenters. The first-order valence-electron chi connectivity index (χ1n) is 4.12. The second kappa shape index (κ2) is 3.57. The number of carbonyl (C=O) groups is 1. The molecule has 0 aromatic carbocycles. The lowest BCUT2D eigenvalue weighted by atomic mass is 10.2. The minimum atomic E-state index is -2.77. The summed E-state index contributed by atoms with van der Waals surface area (Å²) in [7, 11) is 0. The molecule has 1 aliphatic carbocycles. The van der Waals surface area contributed by atoms with Crippen molar-refractivity contribution in [3.63, 3.8) is 0 Å². The van der Waals surface area contributed by atoms with E-state index in [9.17, 15) is 13.6 Å². The molecule has 1 rings (SSSR count). The Kier molecular flexibility index (Phi) is 2.85. The van der Waals surface area contributed by atoms with Crippen LogP contribution in [0.4, 0.5) is 8.78 Å². The van der Waals surface area contributed by atoms with Gasteiger partial charge in [-0.25, -0.2) is 8.78 Å². The SMILES string of the molecule is CC(=O)OC[C@H]1[C@@H](CCO)C1(F)F. The Bertz CT molecular complexity index is 206. The van der Waals surface area contributed by atoms with Crippen LogP contribution in [0.15, 0.2) is 0 Å². The van der Waals surface area contributed by atoms with Gasteiger partial charge in [-0.2, -0.15) is 0 Å². The largest absolute Gasteiger partial charge is 0.465 e. The second-order valence-corrected chi connectivity index (χ2v) is 3.20. The molecule has 2 atom stereocenters. The van der Waals surface area contributed by atoms with Gasteiger partial charge in [-0.05, 0) is 6.42 Å². The van der Waals surface area contributed by atoms with Crippen molar-refractivity contribution in [1.82, 2.24) is 0 Å². The summed E-state index contributed by atoms with van der Waals surface area (Å²) in [5, 5.41) is 8.46. The molecule has 0 aromatic heterocycles. The van der Waals surface area contributed by atoms with Gasteiger partial charge < -0.3 is 9.84 Å². The summed E-state index contributed by atoms with van der Waals surface area (Å²) in [6.45, 7) is 0.686. The summed E-state index contributed by atoms with van der Waals surface area (Å²) >= 11 is 0. The Hall–Kier alpha value is -0.710. The first-order chi connectivity index (χ1) is 6.00. The third-order valence-corrected chi connectivity index (χ3v) is 2.27. The van der Waals surface area contributed by atoms with Crippen molar-refractivity contribution >= 4 is 5.97 Å². The predicted octanol–water partition coefficient (Wildman–Crippen LogP) is 0.813. The fourth-order valence-corrected chi connectivity index (χ4v) is 1.43. The van der Waals surface area contributed by atoms with Gasteiger partial charge in [0.2, 0.25) is 0 Å². The van der Waals surface area contributed by atoms with Crippen molar-refractivity contribution < 1.29 is 23.4 Å². The number of halogens is 2. The molecule has 0 aromatic rings. The van der Waals surface area contributed by atoms with Crippen molar-refractivity contribution in [2.75, 3.05) is 13.2 Å². The van der Waals surface area contributed by atoms with Crippen LogP contribution in [0.25, 0.3) is 0 Å². The van der Waals surface area contributed by atoms with Gasteiger partial charge in [-0.3, -0.25) is 4.79 Å². The normalized spacial score (nSPS) is 29.8. The fourth-order valence-electron chi connectivity index (χ4n) is 1.43. The molecule has 0 saturated heterocycles. The van der Waals surface area contributed by atoms with Crippen molar-refractivity contribution in [3.8, 4) is 0 Å². The average molecular weight is 194 g/mol. The van der Waals surface area contributed by atoms with Crippen LogP contribution in [0, 0.1) is 11.8 Å². The van der Waals surface area contributed by atoms with E-state index in [1.54, 1.807) is 0 Å². The Morgan fingerprint density at radius 3 is 2.62 bits per heavy atom. The molecule has 1 aliphatic rings. The van der Waals surface area contributed by atoms with E-state index in [-0.39, 0.29) is 19.6 Å². The first-order valence-corrected chi connectivity index (χ1v) is 4.12. The van der Waals surface area contributed by atoms with Crippen LogP contribution >= 0.6 is 0 Å². The van der Waals surface area contributed by atoms with Crippen molar-refractivity contribution in [2.45, 2.75) is 19.3 Å². The summed E-state index contributed by atoms with van der Waals surface area (Å²) in [4.78, 5) is 10.3. The highest BCUT2D eigenvalue weighted by molar-refractivity contribution is 5.65. The zero-order valence-corrected chi connectivity index (χ0v) is 7.30. The number of aliphatic hydroxyl groups excluding tert-OH is 1. The number of hydrogen-bond acceptors (Lipinski definition) is 3. The summed E-state index contributed by atoms with van der Waals surface area (Å²) in [5.74, 6) is -5.04. The number of rotatable bonds is 4. The van der Waals surface area contributed by atoms with E-state index in [2.05, 4.69) is 4.74 Å². The molecule has 0 amide bonds. The molecule has 0 radical (unpaired) electrons. The van der Waals surface area contributed by atoms with Crippen molar-refractivity contribution in [3.05, 3.63) is 0 Å². The van der Waals surface area contributed by atoms with E-state index in [0.29, 0.717) is 0 Å². The van der Waals surface area contributed by atoms with Crippen molar-refractivity contribution in [1.29, 1.82) is 0 Å². The average Bonchev–Trinajstić information content (AvgIpc) is 2.51. The molecule has 0 heterocycles. The molecule has 1 N–H and O–H groups in total.